The number of aliphatic carboxylic acids is 1. The van der Waals surface area contributed by atoms with Crippen LogP contribution in [0.2, 0.25) is 0 Å². The lowest BCUT2D eigenvalue weighted by molar-refractivity contribution is -0.159. The standard InChI is InChI=1S/C14H17N3O6S.C6H4O/c1-6(2)11(14(22)23)16-12(21)10(15-7(3)18)13(16)24-17-8(19)4-5-9(17)20;1-2-5-4-6(3-1)7-5/h10-11,13H,1,4-5H2,2-3H3,(H,15,18)(H,22,23);1-4H. The zero-order chi connectivity index (χ0) is 22.9. The minimum atomic E-state index is -1.30. The Morgan fingerprint density at radius 1 is 1.19 bits per heavy atom. The predicted molar refractivity (Wildman–Crippen MR) is 110 cm³/mol. The topological polar surface area (TPSA) is 133 Å². The minimum Gasteiger partial charge on any atom is -0.479 e. The van der Waals surface area contributed by atoms with Gasteiger partial charge in [-0.2, -0.15) is 0 Å². The van der Waals surface area contributed by atoms with E-state index in [1.165, 1.54) is 13.8 Å². The number of amides is 4. The van der Waals surface area contributed by atoms with Gasteiger partial charge < -0.3 is 20.1 Å². The summed E-state index contributed by atoms with van der Waals surface area (Å²) in [4.78, 5) is 59.6. The van der Waals surface area contributed by atoms with Gasteiger partial charge in [-0.3, -0.25) is 19.2 Å². The van der Waals surface area contributed by atoms with Gasteiger partial charge in [0.25, 0.3) is 0 Å². The van der Waals surface area contributed by atoms with E-state index >= 15 is 0 Å². The first kappa shape index (κ1) is 22.3. The smallest absolute Gasteiger partial charge is 0.330 e. The highest BCUT2D eigenvalue weighted by atomic mass is 32.2. The number of hydrogen-bond acceptors (Lipinski definition) is 7. The molecule has 3 atom stereocenters. The van der Waals surface area contributed by atoms with E-state index < -0.39 is 47.1 Å². The van der Waals surface area contributed by atoms with Gasteiger partial charge in [-0.15, -0.1) is 0 Å². The molecule has 2 bridgehead atoms. The van der Waals surface area contributed by atoms with Crippen LogP contribution in [0.4, 0.5) is 0 Å². The van der Waals surface area contributed by atoms with Crippen molar-refractivity contribution >= 4 is 41.5 Å². The molecule has 164 valence electrons. The molecule has 0 aliphatic carbocycles. The summed E-state index contributed by atoms with van der Waals surface area (Å²) in [5, 5.41) is 10.9. The Hall–Kier alpha value is -3.34. The molecule has 10 nitrogen and oxygen atoms in total. The molecule has 0 saturated carbocycles. The van der Waals surface area contributed by atoms with Crippen molar-refractivity contribution in [2.45, 2.75) is 44.1 Å². The number of hydrogen-bond donors (Lipinski definition) is 2. The summed E-state index contributed by atoms with van der Waals surface area (Å²) < 4.78 is 5.94. The van der Waals surface area contributed by atoms with Crippen LogP contribution in [0.3, 0.4) is 0 Å². The Morgan fingerprint density at radius 3 is 2.10 bits per heavy atom. The van der Waals surface area contributed by atoms with Crippen molar-refractivity contribution in [1.29, 1.82) is 0 Å². The number of carbonyl (C=O) groups is 5. The molecule has 4 aliphatic rings. The number of fused-ring (bicyclic) bond motifs is 2. The van der Waals surface area contributed by atoms with Crippen LogP contribution >= 0.6 is 11.9 Å². The molecule has 0 radical (unpaired) electrons. The fraction of sp³-hybridized carbons (Fsp3) is 0.350. The summed E-state index contributed by atoms with van der Waals surface area (Å²) in [6, 6.07) is 5.55. The number of ether oxygens (including phenoxy) is 1. The summed E-state index contributed by atoms with van der Waals surface area (Å²) in [5.74, 6) is -1.20. The molecule has 31 heavy (non-hydrogen) atoms. The number of benzene rings is 1. The first-order valence-corrected chi connectivity index (χ1v) is 10.2. The highest BCUT2D eigenvalue weighted by Crippen LogP contribution is 2.38. The number of nitrogens with zero attached hydrogens (tertiary/aromatic N) is 2. The van der Waals surface area contributed by atoms with Gasteiger partial charge in [0.15, 0.2) is 6.04 Å². The third kappa shape index (κ3) is 4.55. The molecule has 3 unspecified atom stereocenters. The number of carboxylic acid groups (broad SMARTS) is 1. The van der Waals surface area contributed by atoms with Gasteiger partial charge in [-0.05, 0) is 36.6 Å². The van der Waals surface area contributed by atoms with Crippen LogP contribution in [-0.2, 0) is 24.0 Å². The maximum atomic E-state index is 12.3. The Labute approximate surface area is 182 Å². The molecule has 4 heterocycles. The normalized spacial score (nSPS) is 21.8. The van der Waals surface area contributed by atoms with Gasteiger partial charge in [-0.25, -0.2) is 9.10 Å². The molecule has 2 saturated heterocycles. The zero-order valence-corrected chi connectivity index (χ0v) is 17.7. The van der Waals surface area contributed by atoms with Crippen molar-refractivity contribution in [3.8, 4) is 11.5 Å². The van der Waals surface area contributed by atoms with Crippen molar-refractivity contribution in [1.82, 2.24) is 14.5 Å². The van der Waals surface area contributed by atoms with E-state index in [1.807, 2.05) is 24.3 Å². The lowest BCUT2D eigenvalue weighted by atomic mass is 9.99. The van der Waals surface area contributed by atoms with Crippen LogP contribution in [0.25, 0.3) is 0 Å². The third-order valence-corrected chi connectivity index (χ3v) is 6.01. The minimum absolute atomic E-state index is 0.0696. The van der Waals surface area contributed by atoms with Crippen molar-refractivity contribution in [2.75, 3.05) is 0 Å². The van der Waals surface area contributed by atoms with Crippen molar-refractivity contribution in [2.24, 2.45) is 0 Å². The third-order valence-electron chi connectivity index (χ3n) is 4.68. The molecule has 2 fully saturated rings. The van der Waals surface area contributed by atoms with E-state index in [-0.39, 0.29) is 18.4 Å². The Morgan fingerprint density at radius 2 is 1.74 bits per heavy atom. The summed E-state index contributed by atoms with van der Waals surface area (Å²) in [5.41, 5.74) is 0.224. The van der Waals surface area contributed by atoms with Crippen LogP contribution in [0.15, 0.2) is 36.4 Å². The molecule has 1 aromatic rings. The van der Waals surface area contributed by atoms with Gasteiger partial charge in [0.05, 0.1) is 0 Å². The molecule has 0 aromatic heterocycles. The Kier molecular flexibility index (Phi) is 6.34. The van der Waals surface area contributed by atoms with Gasteiger partial charge >= 0.3 is 5.97 Å². The second-order valence-corrected chi connectivity index (χ2v) is 8.22. The predicted octanol–water partition coefficient (Wildman–Crippen LogP) is 1.28. The Bertz CT molecular complexity index is 925. The van der Waals surface area contributed by atoms with Crippen LogP contribution in [0, 0.1) is 0 Å². The number of imide groups is 1. The maximum absolute atomic E-state index is 12.3. The SMILES string of the molecule is C=C(C)C(C(=O)O)N1C(=O)C(NC(C)=O)C1SN1C(=O)CCC1=O.c1cc2cc(c1)O2. The summed E-state index contributed by atoms with van der Waals surface area (Å²) in [6.07, 6.45) is 0.139. The average molecular weight is 447 g/mol. The van der Waals surface area contributed by atoms with E-state index in [4.69, 9.17) is 4.74 Å². The number of likely N-dealkylation sites (tertiary alicyclic amines) is 1. The first-order valence-electron chi connectivity index (χ1n) is 9.38. The van der Waals surface area contributed by atoms with Gasteiger partial charge in [0, 0.05) is 25.8 Å². The van der Waals surface area contributed by atoms with Crippen molar-refractivity contribution in [3.63, 3.8) is 0 Å². The van der Waals surface area contributed by atoms with Crippen molar-refractivity contribution < 1.29 is 33.8 Å². The molecule has 4 aliphatic heterocycles. The van der Waals surface area contributed by atoms with Gasteiger partial charge in [0.2, 0.25) is 23.6 Å². The molecular formula is C20H21N3O7S. The average Bonchev–Trinajstić information content (AvgIpc) is 3.00. The quantitative estimate of drug-likeness (QED) is 0.293. The number of carbonyl (C=O) groups excluding carboxylic acids is 4. The van der Waals surface area contributed by atoms with Crippen LogP contribution in [0.5, 0.6) is 11.5 Å². The van der Waals surface area contributed by atoms with Crippen LogP contribution in [0.1, 0.15) is 26.7 Å². The monoisotopic (exact) mass is 447 g/mol. The first-order chi connectivity index (χ1) is 14.6. The van der Waals surface area contributed by atoms with Crippen LogP contribution < -0.4 is 10.1 Å². The second kappa shape index (κ2) is 8.80. The van der Waals surface area contributed by atoms with E-state index in [0.717, 1.165) is 32.7 Å². The van der Waals surface area contributed by atoms with Gasteiger partial charge in [0.1, 0.15) is 22.9 Å². The maximum Gasteiger partial charge on any atom is 0.330 e. The lowest BCUT2D eigenvalue weighted by Crippen LogP contribution is -2.73. The second-order valence-electron chi connectivity index (χ2n) is 7.17. The lowest BCUT2D eigenvalue weighted by Gasteiger charge is -2.49. The van der Waals surface area contributed by atoms with Crippen molar-refractivity contribution in [3.05, 3.63) is 36.4 Å². The fourth-order valence-corrected chi connectivity index (χ4v) is 4.52. The highest BCUT2D eigenvalue weighted by Gasteiger charge is 2.55. The Balaban J connectivity index is 0.000000322. The molecule has 0 spiro atoms. The van der Waals surface area contributed by atoms with Crippen LogP contribution in [-0.4, -0.2) is 61.4 Å². The van der Waals surface area contributed by atoms with E-state index in [9.17, 15) is 29.1 Å². The molecular weight excluding hydrogens is 426 g/mol. The summed E-state index contributed by atoms with van der Waals surface area (Å²) in [7, 11) is 0. The van der Waals surface area contributed by atoms with E-state index in [0.29, 0.717) is 0 Å². The largest absolute Gasteiger partial charge is 0.479 e. The molecule has 11 heteroatoms. The van der Waals surface area contributed by atoms with Gasteiger partial charge in [-0.1, -0.05) is 12.6 Å². The number of carboxylic acids is 1. The summed E-state index contributed by atoms with van der Waals surface area (Å²) in [6.45, 7) is 6.26. The van der Waals surface area contributed by atoms with E-state index in [2.05, 4.69) is 11.9 Å². The molecule has 5 rings (SSSR count). The molecule has 2 N–H and O–H groups in total. The summed E-state index contributed by atoms with van der Waals surface area (Å²) >= 11 is 0.755. The zero-order valence-electron chi connectivity index (χ0n) is 16.9. The number of rotatable bonds is 6. The highest BCUT2D eigenvalue weighted by molar-refractivity contribution is 7.98. The fourth-order valence-electron chi connectivity index (χ4n) is 3.25. The molecule has 4 amide bonds. The number of nitrogens with one attached hydrogen (secondary N) is 1. The molecule has 1 aromatic carbocycles. The number of β-lactam (4-membered cyclic amide) rings is 1. The van der Waals surface area contributed by atoms with E-state index in [1.54, 1.807) is 0 Å².